The van der Waals surface area contributed by atoms with Crippen molar-refractivity contribution in [2.24, 2.45) is 5.92 Å². The lowest BCUT2D eigenvalue weighted by molar-refractivity contribution is -0.146. The van der Waals surface area contributed by atoms with Gasteiger partial charge < -0.3 is 14.8 Å². The van der Waals surface area contributed by atoms with E-state index in [1.54, 1.807) is 0 Å². The third kappa shape index (κ3) is 6.45. The average Bonchev–Trinajstić information content (AvgIpc) is 2.74. The summed E-state index contributed by atoms with van der Waals surface area (Å²) in [6, 6.07) is 7.73. The van der Waals surface area contributed by atoms with Crippen LogP contribution in [0.5, 0.6) is 5.75 Å². The normalized spacial score (nSPS) is 22.2. The summed E-state index contributed by atoms with van der Waals surface area (Å²) < 4.78 is 12.0. The van der Waals surface area contributed by atoms with Crippen LogP contribution in [0, 0.1) is 5.92 Å². The first-order valence-corrected chi connectivity index (χ1v) is 11.5. The second-order valence-electron chi connectivity index (χ2n) is 8.78. The van der Waals surface area contributed by atoms with Crippen molar-refractivity contribution in [2.75, 3.05) is 38.2 Å². The van der Waals surface area contributed by atoms with Crippen LogP contribution in [-0.4, -0.2) is 49.3 Å². The smallest absolute Gasteiger partial charge is 0.256 e. The number of benzene rings is 1. The van der Waals surface area contributed by atoms with E-state index in [2.05, 4.69) is 24.1 Å². The Hall–Kier alpha value is -1.59. The molecule has 0 radical (unpaired) electrons. The molecule has 162 valence electrons. The molecule has 1 aromatic rings. The van der Waals surface area contributed by atoms with Gasteiger partial charge >= 0.3 is 0 Å². The molecule has 2 aliphatic rings. The second-order valence-corrected chi connectivity index (χ2v) is 8.78. The van der Waals surface area contributed by atoms with Crippen molar-refractivity contribution in [1.29, 1.82) is 0 Å². The molecule has 1 heterocycles. The Kier molecular flexibility index (Phi) is 8.37. The number of likely N-dealkylation sites (tertiary alicyclic amines) is 1. The fraction of sp³-hybridized carbons (Fsp3) is 0.708. The number of ether oxygens (including phenoxy) is 2. The zero-order valence-corrected chi connectivity index (χ0v) is 18.3. The molecule has 1 N–H and O–H groups in total. The van der Waals surface area contributed by atoms with Crippen LogP contribution in [0.25, 0.3) is 0 Å². The summed E-state index contributed by atoms with van der Waals surface area (Å²) >= 11 is 0. The minimum atomic E-state index is -0.658. The topological polar surface area (TPSA) is 50.8 Å². The highest BCUT2D eigenvalue weighted by molar-refractivity contribution is 5.97. The standard InChI is InChI=1S/C24H38N2O3/c1-3-17-29-24(13-5-4-6-14-24)23(27)25-21-9-11-22(12-10-21)28-18-16-26-15-7-8-20(2)19-26/h9-12,20H,3-8,13-19H2,1-2H3,(H,25,27)/t20-/m0/s1. The van der Waals surface area contributed by atoms with Crippen molar-refractivity contribution in [3.8, 4) is 5.75 Å². The first kappa shape index (κ1) is 22.1. The number of carbonyl (C=O) groups excluding carboxylic acids is 1. The quantitative estimate of drug-likeness (QED) is 0.640. The van der Waals surface area contributed by atoms with Crippen molar-refractivity contribution >= 4 is 11.6 Å². The summed E-state index contributed by atoms with van der Waals surface area (Å²) in [7, 11) is 0. The summed E-state index contributed by atoms with van der Waals surface area (Å²) in [5.41, 5.74) is 0.145. The SMILES string of the molecule is CCCOC1(C(=O)Nc2ccc(OCCN3CCC[C@H](C)C3)cc2)CCCCC1. The molecule has 0 unspecified atom stereocenters. The van der Waals surface area contributed by atoms with Crippen LogP contribution in [0.1, 0.15) is 65.2 Å². The van der Waals surface area contributed by atoms with Gasteiger partial charge in [0.05, 0.1) is 0 Å². The van der Waals surface area contributed by atoms with E-state index in [4.69, 9.17) is 9.47 Å². The summed E-state index contributed by atoms with van der Waals surface area (Å²) in [5, 5.41) is 3.07. The van der Waals surface area contributed by atoms with Crippen LogP contribution >= 0.6 is 0 Å². The summed E-state index contributed by atoms with van der Waals surface area (Å²) in [4.78, 5) is 15.5. The third-order valence-corrected chi connectivity index (χ3v) is 6.19. The van der Waals surface area contributed by atoms with E-state index < -0.39 is 5.60 Å². The van der Waals surface area contributed by atoms with Gasteiger partial charge in [-0.05, 0) is 68.8 Å². The largest absolute Gasteiger partial charge is 0.492 e. The molecule has 1 saturated carbocycles. The lowest BCUT2D eigenvalue weighted by Crippen LogP contribution is -2.47. The summed E-state index contributed by atoms with van der Waals surface area (Å²) in [5.74, 6) is 1.64. The fourth-order valence-corrected chi connectivity index (χ4v) is 4.52. The van der Waals surface area contributed by atoms with E-state index in [0.717, 1.165) is 56.0 Å². The lowest BCUT2D eigenvalue weighted by Gasteiger charge is -2.35. The second kappa shape index (κ2) is 11.0. The number of carbonyl (C=O) groups is 1. The molecule has 29 heavy (non-hydrogen) atoms. The fourth-order valence-electron chi connectivity index (χ4n) is 4.52. The van der Waals surface area contributed by atoms with Gasteiger partial charge in [-0.2, -0.15) is 0 Å². The minimum absolute atomic E-state index is 0.00135. The number of piperidine rings is 1. The predicted octanol–water partition coefficient (Wildman–Crippen LogP) is 4.87. The van der Waals surface area contributed by atoms with Crippen molar-refractivity contribution < 1.29 is 14.3 Å². The third-order valence-electron chi connectivity index (χ3n) is 6.19. The Balaban J connectivity index is 1.48. The number of rotatable bonds is 9. The molecule has 1 aliphatic heterocycles. The van der Waals surface area contributed by atoms with Crippen LogP contribution in [0.3, 0.4) is 0 Å². The van der Waals surface area contributed by atoms with E-state index in [9.17, 15) is 4.79 Å². The van der Waals surface area contributed by atoms with Gasteiger partial charge in [0, 0.05) is 25.4 Å². The number of amides is 1. The van der Waals surface area contributed by atoms with E-state index in [-0.39, 0.29) is 5.91 Å². The highest BCUT2D eigenvalue weighted by atomic mass is 16.5. The highest BCUT2D eigenvalue weighted by Crippen LogP contribution is 2.33. The van der Waals surface area contributed by atoms with Gasteiger partial charge in [0.2, 0.25) is 0 Å². The Morgan fingerprint density at radius 3 is 2.59 bits per heavy atom. The molecule has 5 heteroatoms. The molecule has 1 saturated heterocycles. The monoisotopic (exact) mass is 402 g/mol. The van der Waals surface area contributed by atoms with Crippen LogP contribution < -0.4 is 10.1 Å². The molecule has 1 aromatic carbocycles. The maximum Gasteiger partial charge on any atom is 0.256 e. The molecule has 1 aliphatic carbocycles. The Labute approximate surface area is 176 Å². The molecule has 0 bridgehead atoms. The number of nitrogens with one attached hydrogen (secondary N) is 1. The number of anilines is 1. The molecule has 0 spiro atoms. The van der Waals surface area contributed by atoms with Crippen molar-refractivity contribution in [3.05, 3.63) is 24.3 Å². The first-order chi connectivity index (χ1) is 14.1. The highest BCUT2D eigenvalue weighted by Gasteiger charge is 2.40. The van der Waals surface area contributed by atoms with Gasteiger partial charge in [-0.15, -0.1) is 0 Å². The van der Waals surface area contributed by atoms with Crippen molar-refractivity contribution in [1.82, 2.24) is 4.90 Å². The Morgan fingerprint density at radius 2 is 1.90 bits per heavy atom. The van der Waals surface area contributed by atoms with Gasteiger partial charge in [0.1, 0.15) is 18.0 Å². The first-order valence-electron chi connectivity index (χ1n) is 11.5. The van der Waals surface area contributed by atoms with Crippen LogP contribution in [0.4, 0.5) is 5.69 Å². The average molecular weight is 403 g/mol. The minimum Gasteiger partial charge on any atom is -0.492 e. The number of hydrogen-bond acceptors (Lipinski definition) is 4. The zero-order chi connectivity index (χ0) is 20.5. The maximum absolute atomic E-state index is 13.0. The number of hydrogen-bond donors (Lipinski definition) is 1. The molecule has 1 atom stereocenters. The van der Waals surface area contributed by atoms with Gasteiger partial charge in [0.25, 0.3) is 5.91 Å². The van der Waals surface area contributed by atoms with Gasteiger partial charge in [0.15, 0.2) is 0 Å². The van der Waals surface area contributed by atoms with Crippen molar-refractivity contribution in [3.63, 3.8) is 0 Å². The van der Waals surface area contributed by atoms with Gasteiger partial charge in [-0.1, -0.05) is 33.1 Å². The summed E-state index contributed by atoms with van der Waals surface area (Å²) in [6.45, 7) is 9.07. The van der Waals surface area contributed by atoms with E-state index in [1.807, 2.05) is 24.3 Å². The van der Waals surface area contributed by atoms with E-state index in [0.29, 0.717) is 13.2 Å². The van der Waals surface area contributed by atoms with Crippen LogP contribution in [-0.2, 0) is 9.53 Å². The van der Waals surface area contributed by atoms with E-state index in [1.165, 1.54) is 32.4 Å². The molecular formula is C24H38N2O3. The lowest BCUT2D eigenvalue weighted by atomic mass is 9.83. The molecule has 3 rings (SSSR count). The molecular weight excluding hydrogens is 364 g/mol. The Morgan fingerprint density at radius 1 is 1.14 bits per heavy atom. The molecule has 5 nitrogen and oxygen atoms in total. The maximum atomic E-state index is 13.0. The Bertz CT molecular complexity index is 626. The predicted molar refractivity (Wildman–Crippen MR) is 117 cm³/mol. The van der Waals surface area contributed by atoms with Gasteiger partial charge in [-0.25, -0.2) is 0 Å². The zero-order valence-electron chi connectivity index (χ0n) is 18.3. The van der Waals surface area contributed by atoms with Crippen LogP contribution in [0.15, 0.2) is 24.3 Å². The molecule has 0 aromatic heterocycles. The van der Waals surface area contributed by atoms with Crippen LogP contribution in [0.2, 0.25) is 0 Å². The summed E-state index contributed by atoms with van der Waals surface area (Å²) in [6.07, 6.45) is 8.49. The molecule has 2 fully saturated rings. The van der Waals surface area contributed by atoms with E-state index >= 15 is 0 Å². The van der Waals surface area contributed by atoms with Gasteiger partial charge in [-0.3, -0.25) is 9.69 Å². The molecule has 1 amide bonds. The van der Waals surface area contributed by atoms with Crippen molar-refractivity contribution in [2.45, 2.75) is 70.8 Å². The number of nitrogens with zero attached hydrogens (tertiary/aromatic N) is 1.